The summed E-state index contributed by atoms with van der Waals surface area (Å²) in [5.74, 6) is -0.739. The number of rotatable bonds is 1. The van der Waals surface area contributed by atoms with Crippen LogP contribution in [0, 0.1) is 0 Å². The fraction of sp³-hybridized carbons (Fsp3) is 0.545. The third kappa shape index (κ3) is 1.67. The lowest BCUT2D eigenvalue weighted by molar-refractivity contribution is -0.132. The molecular formula is C11H14O2. The predicted molar refractivity (Wildman–Crippen MR) is 50.4 cm³/mol. The Morgan fingerprint density at radius 1 is 1.15 bits per heavy atom. The third-order valence-electron chi connectivity index (χ3n) is 2.95. The molecule has 0 saturated carbocycles. The fourth-order valence-corrected chi connectivity index (χ4v) is 2.19. The number of carboxylic acid groups (broad SMARTS) is 1. The first-order chi connectivity index (χ1) is 6.27. The lowest BCUT2D eigenvalue weighted by Gasteiger charge is -2.22. The molecule has 0 heterocycles. The van der Waals surface area contributed by atoms with Crippen LogP contribution in [0.2, 0.25) is 0 Å². The normalized spacial score (nSPS) is 22.3. The van der Waals surface area contributed by atoms with Crippen LogP contribution >= 0.6 is 0 Å². The van der Waals surface area contributed by atoms with Crippen molar-refractivity contribution in [2.24, 2.45) is 0 Å². The zero-order chi connectivity index (χ0) is 9.26. The topological polar surface area (TPSA) is 37.3 Å². The summed E-state index contributed by atoms with van der Waals surface area (Å²) in [4.78, 5) is 10.7. The minimum Gasteiger partial charge on any atom is -0.478 e. The second-order valence-electron chi connectivity index (χ2n) is 3.81. The van der Waals surface area contributed by atoms with Crippen molar-refractivity contribution < 1.29 is 9.90 Å². The Morgan fingerprint density at radius 2 is 1.92 bits per heavy atom. The average molecular weight is 178 g/mol. The van der Waals surface area contributed by atoms with Crippen LogP contribution in [0.1, 0.15) is 38.5 Å². The molecule has 0 spiro atoms. The van der Waals surface area contributed by atoms with E-state index in [4.69, 9.17) is 5.11 Å². The Kier molecular flexibility index (Phi) is 2.21. The van der Waals surface area contributed by atoms with Crippen LogP contribution in [0.5, 0.6) is 0 Å². The Bertz CT molecular complexity index is 297. The summed E-state index contributed by atoms with van der Waals surface area (Å²) >= 11 is 0. The van der Waals surface area contributed by atoms with E-state index in [1.54, 1.807) is 0 Å². The summed E-state index contributed by atoms with van der Waals surface area (Å²) < 4.78 is 0. The van der Waals surface area contributed by atoms with Gasteiger partial charge in [-0.3, -0.25) is 0 Å². The van der Waals surface area contributed by atoms with Crippen LogP contribution in [-0.2, 0) is 4.79 Å². The number of allylic oxidation sites excluding steroid dienone is 3. The standard InChI is InChI=1S/C11H14O2/c12-11(13)10-6-5-8-3-1-2-4-9(8)7-10/h7H,1-6H2,(H,12,13). The molecule has 0 aromatic carbocycles. The Hall–Kier alpha value is -1.05. The van der Waals surface area contributed by atoms with Gasteiger partial charge in [-0.2, -0.15) is 0 Å². The maximum atomic E-state index is 10.7. The smallest absolute Gasteiger partial charge is 0.331 e. The van der Waals surface area contributed by atoms with Gasteiger partial charge < -0.3 is 5.11 Å². The van der Waals surface area contributed by atoms with Crippen molar-refractivity contribution >= 4 is 5.97 Å². The summed E-state index contributed by atoms with van der Waals surface area (Å²) in [5.41, 5.74) is 3.42. The molecule has 0 amide bonds. The molecule has 1 N–H and O–H groups in total. The highest BCUT2D eigenvalue weighted by molar-refractivity contribution is 5.87. The Morgan fingerprint density at radius 3 is 2.69 bits per heavy atom. The van der Waals surface area contributed by atoms with E-state index in [0.29, 0.717) is 5.57 Å². The van der Waals surface area contributed by atoms with Gasteiger partial charge in [0.05, 0.1) is 0 Å². The number of hydrogen-bond donors (Lipinski definition) is 1. The molecule has 0 aromatic heterocycles. The van der Waals surface area contributed by atoms with E-state index in [1.807, 2.05) is 6.08 Å². The van der Waals surface area contributed by atoms with Crippen LogP contribution in [0.25, 0.3) is 0 Å². The largest absolute Gasteiger partial charge is 0.478 e. The second-order valence-corrected chi connectivity index (χ2v) is 3.81. The molecule has 13 heavy (non-hydrogen) atoms. The number of hydrogen-bond acceptors (Lipinski definition) is 1. The van der Waals surface area contributed by atoms with Crippen molar-refractivity contribution in [1.82, 2.24) is 0 Å². The zero-order valence-corrected chi connectivity index (χ0v) is 7.68. The summed E-state index contributed by atoms with van der Waals surface area (Å²) in [6.07, 6.45) is 8.41. The molecular weight excluding hydrogens is 164 g/mol. The molecule has 0 fully saturated rings. The summed E-state index contributed by atoms with van der Waals surface area (Å²) in [5, 5.41) is 8.84. The molecule has 2 nitrogen and oxygen atoms in total. The molecule has 0 radical (unpaired) electrons. The quantitative estimate of drug-likeness (QED) is 0.670. The third-order valence-corrected chi connectivity index (χ3v) is 2.95. The molecule has 0 atom stereocenters. The predicted octanol–water partition coefficient (Wildman–Crippen LogP) is 2.66. The van der Waals surface area contributed by atoms with Gasteiger partial charge in [-0.1, -0.05) is 5.57 Å². The zero-order valence-electron chi connectivity index (χ0n) is 7.68. The first kappa shape index (κ1) is 8.54. The summed E-state index contributed by atoms with van der Waals surface area (Å²) in [6.45, 7) is 0. The number of carboxylic acids is 1. The van der Waals surface area contributed by atoms with Gasteiger partial charge in [0.2, 0.25) is 0 Å². The van der Waals surface area contributed by atoms with Gasteiger partial charge in [-0.05, 0) is 50.2 Å². The molecule has 70 valence electrons. The minimum atomic E-state index is -0.739. The molecule has 2 aliphatic rings. The number of aliphatic carboxylic acids is 1. The molecule has 0 saturated heterocycles. The molecule has 0 aliphatic heterocycles. The van der Waals surface area contributed by atoms with Crippen LogP contribution in [0.15, 0.2) is 22.8 Å². The summed E-state index contributed by atoms with van der Waals surface area (Å²) in [7, 11) is 0. The van der Waals surface area contributed by atoms with E-state index < -0.39 is 5.97 Å². The first-order valence-electron chi connectivity index (χ1n) is 4.92. The van der Waals surface area contributed by atoms with Gasteiger partial charge in [0, 0.05) is 5.57 Å². The number of carbonyl (C=O) groups is 1. The van der Waals surface area contributed by atoms with E-state index in [0.717, 1.165) is 19.3 Å². The molecule has 2 aliphatic carbocycles. The van der Waals surface area contributed by atoms with E-state index >= 15 is 0 Å². The maximum absolute atomic E-state index is 10.7. The summed E-state index contributed by atoms with van der Waals surface area (Å²) in [6, 6.07) is 0. The van der Waals surface area contributed by atoms with Crippen molar-refractivity contribution in [3.05, 3.63) is 22.8 Å². The van der Waals surface area contributed by atoms with Gasteiger partial charge in [0.15, 0.2) is 0 Å². The monoisotopic (exact) mass is 178 g/mol. The van der Waals surface area contributed by atoms with Crippen molar-refractivity contribution in [3.63, 3.8) is 0 Å². The molecule has 0 bridgehead atoms. The lowest BCUT2D eigenvalue weighted by Crippen LogP contribution is -2.09. The SMILES string of the molecule is O=C(O)C1=CC2=C(CCCC2)CC1. The van der Waals surface area contributed by atoms with Crippen LogP contribution in [0.4, 0.5) is 0 Å². The van der Waals surface area contributed by atoms with Gasteiger partial charge in [0.25, 0.3) is 0 Å². The van der Waals surface area contributed by atoms with E-state index in [2.05, 4.69) is 0 Å². The van der Waals surface area contributed by atoms with Crippen molar-refractivity contribution in [3.8, 4) is 0 Å². The second kappa shape index (κ2) is 3.36. The maximum Gasteiger partial charge on any atom is 0.331 e. The Labute approximate surface area is 78.0 Å². The van der Waals surface area contributed by atoms with E-state index in [1.165, 1.54) is 30.4 Å². The van der Waals surface area contributed by atoms with Crippen molar-refractivity contribution in [1.29, 1.82) is 0 Å². The molecule has 0 aromatic rings. The average Bonchev–Trinajstić information content (AvgIpc) is 2.17. The van der Waals surface area contributed by atoms with Crippen molar-refractivity contribution in [2.75, 3.05) is 0 Å². The highest BCUT2D eigenvalue weighted by atomic mass is 16.4. The Balaban J connectivity index is 2.25. The molecule has 2 rings (SSSR count). The first-order valence-corrected chi connectivity index (χ1v) is 4.92. The van der Waals surface area contributed by atoms with E-state index in [-0.39, 0.29) is 0 Å². The highest BCUT2D eigenvalue weighted by Crippen LogP contribution is 2.34. The van der Waals surface area contributed by atoms with Gasteiger partial charge in [-0.15, -0.1) is 0 Å². The van der Waals surface area contributed by atoms with Crippen molar-refractivity contribution in [2.45, 2.75) is 38.5 Å². The van der Waals surface area contributed by atoms with Crippen LogP contribution < -0.4 is 0 Å². The minimum absolute atomic E-state index is 0.598. The van der Waals surface area contributed by atoms with Crippen LogP contribution in [0.3, 0.4) is 0 Å². The molecule has 2 heteroatoms. The van der Waals surface area contributed by atoms with Gasteiger partial charge in [-0.25, -0.2) is 4.79 Å². The molecule has 0 unspecified atom stereocenters. The highest BCUT2D eigenvalue weighted by Gasteiger charge is 2.19. The van der Waals surface area contributed by atoms with Crippen LogP contribution in [-0.4, -0.2) is 11.1 Å². The van der Waals surface area contributed by atoms with Gasteiger partial charge in [0.1, 0.15) is 0 Å². The lowest BCUT2D eigenvalue weighted by atomic mass is 9.83. The fourth-order valence-electron chi connectivity index (χ4n) is 2.19. The van der Waals surface area contributed by atoms with E-state index in [9.17, 15) is 4.79 Å². The van der Waals surface area contributed by atoms with Gasteiger partial charge >= 0.3 is 5.97 Å².